The molecule has 1 amide bonds. The van der Waals surface area contributed by atoms with Gasteiger partial charge >= 0.3 is 5.97 Å². The van der Waals surface area contributed by atoms with Crippen LogP contribution in [0.2, 0.25) is 0 Å². The number of likely N-dealkylation sites (tertiary alicyclic amines) is 1. The van der Waals surface area contributed by atoms with Gasteiger partial charge in [-0.15, -0.1) is 0 Å². The highest BCUT2D eigenvalue weighted by Crippen LogP contribution is 2.35. The third kappa shape index (κ3) is 2.62. The zero-order chi connectivity index (χ0) is 17.4. The van der Waals surface area contributed by atoms with Crippen LogP contribution in [0.5, 0.6) is 0 Å². The molecule has 130 valence electrons. The Balaban J connectivity index is 1.59. The molecule has 2 aromatic rings. The van der Waals surface area contributed by atoms with Crippen molar-refractivity contribution in [3.63, 3.8) is 0 Å². The van der Waals surface area contributed by atoms with Crippen LogP contribution in [-0.4, -0.2) is 44.5 Å². The van der Waals surface area contributed by atoms with Gasteiger partial charge < -0.3 is 14.6 Å². The maximum absolute atomic E-state index is 12.9. The van der Waals surface area contributed by atoms with Gasteiger partial charge in [-0.25, -0.2) is 4.98 Å². The Morgan fingerprint density at radius 3 is 2.64 bits per heavy atom. The van der Waals surface area contributed by atoms with Gasteiger partial charge in [0.25, 0.3) is 5.91 Å². The Morgan fingerprint density at radius 2 is 1.92 bits per heavy atom. The van der Waals surface area contributed by atoms with Crippen molar-refractivity contribution in [3.8, 4) is 0 Å². The number of carbonyl (C=O) groups is 2. The highest BCUT2D eigenvalue weighted by Gasteiger charge is 2.48. The number of amides is 1. The molecule has 6 heteroatoms. The molecule has 0 aliphatic carbocycles. The van der Waals surface area contributed by atoms with Crippen LogP contribution in [0.25, 0.3) is 0 Å². The summed E-state index contributed by atoms with van der Waals surface area (Å²) in [4.78, 5) is 31.0. The molecule has 2 aliphatic heterocycles. The van der Waals surface area contributed by atoms with Crippen LogP contribution in [0, 0.1) is 0 Å². The third-order valence-corrected chi connectivity index (χ3v) is 5.42. The summed E-state index contributed by atoms with van der Waals surface area (Å²) in [5.74, 6) is -0.0829. The molecule has 1 saturated heterocycles. The number of hydrogen-bond donors (Lipinski definition) is 1. The van der Waals surface area contributed by atoms with Crippen LogP contribution in [0.15, 0.2) is 36.5 Å². The van der Waals surface area contributed by atoms with Crippen LogP contribution in [-0.2, 0) is 23.2 Å². The minimum absolute atomic E-state index is 0.166. The molecular formula is C19H21N3O3. The molecule has 0 radical (unpaired) electrons. The van der Waals surface area contributed by atoms with E-state index in [1.807, 2.05) is 36.5 Å². The topological polar surface area (TPSA) is 75.4 Å². The molecule has 0 bridgehead atoms. The Bertz CT molecular complexity index is 791. The molecule has 1 aromatic heterocycles. The fourth-order valence-electron chi connectivity index (χ4n) is 3.95. The smallest absolute Gasteiger partial charge is 0.316 e. The van der Waals surface area contributed by atoms with E-state index in [0.29, 0.717) is 18.7 Å². The van der Waals surface area contributed by atoms with E-state index in [0.717, 1.165) is 37.2 Å². The van der Waals surface area contributed by atoms with Crippen molar-refractivity contribution < 1.29 is 14.7 Å². The number of rotatable bonds is 3. The molecule has 1 atom stereocenters. The lowest BCUT2D eigenvalue weighted by molar-refractivity contribution is -0.143. The van der Waals surface area contributed by atoms with Crippen molar-refractivity contribution in [3.05, 3.63) is 53.6 Å². The van der Waals surface area contributed by atoms with Crippen molar-refractivity contribution in [2.24, 2.45) is 0 Å². The van der Waals surface area contributed by atoms with Crippen LogP contribution in [0.1, 0.15) is 41.1 Å². The third-order valence-electron chi connectivity index (χ3n) is 5.42. The van der Waals surface area contributed by atoms with Crippen molar-refractivity contribution in [2.75, 3.05) is 13.1 Å². The molecule has 1 fully saturated rings. The summed E-state index contributed by atoms with van der Waals surface area (Å²) in [6, 6.07) is 9.21. The number of imidazole rings is 1. The molecular weight excluding hydrogens is 318 g/mol. The van der Waals surface area contributed by atoms with E-state index in [-0.39, 0.29) is 12.5 Å². The molecule has 0 spiro atoms. The fraction of sp³-hybridized carbons (Fsp3) is 0.421. The number of carboxylic acid groups (broad SMARTS) is 1. The second-order valence-corrected chi connectivity index (χ2v) is 6.92. The summed E-state index contributed by atoms with van der Waals surface area (Å²) in [5, 5.41) is 9.86. The summed E-state index contributed by atoms with van der Waals surface area (Å²) < 4.78 is 2.05. The normalized spacial score (nSPS) is 22.6. The molecule has 6 nitrogen and oxygen atoms in total. The van der Waals surface area contributed by atoms with E-state index in [9.17, 15) is 14.7 Å². The first kappa shape index (κ1) is 15.9. The first-order valence-corrected chi connectivity index (χ1v) is 8.74. The van der Waals surface area contributed by atoms with E-state index in [1.54, 1.807) is 4.90 Å². The first-order valence-electron chi connectivity index (χ1n) is 8.74. The number of hydrogen-bond acceptors (Lipinski definition) is 3. The quantitative estimate of drug-likeness (QED) is 0.929. The van der Waals surface area contributed by atoms with Gasteiger partial charge in [0.2, 0.25) is 0 Å². The second-order valence-electron chi connectivity index (χ2n) is 6.92. The number of carbonyl (C=O) groups excluding carboxylic acids is 1. The SMILES string of the molecule is O=C(c1cn2c(n1)CCCC2)N1CCC(C(=O)O)(c2ccccc2)C1. The van der Waals surface area contributed by atoms with Gasteiger partial charge in [0.1, 0.15) is 16.9 Å². The lowest BCUT2D eigenvalue weighted by atomic mass is 9.80. The van der Waals surface area contributed by atoms with Gasteiger partial charge in [0.15, 0.2) is 0 Å². The van der Waals surface area contributed by atoms with E-state index in [2.05, 4.69) is 9.55 Å². The summed E-state index contributed by atoms with van der Waals surface area (Å²) in [6.07, 6.45) is 5.35. The minimum atomic E-state index is -1.03. The maximum Gasteiger partial charge on any atom is 0.316 e. The van der Waals surface area contributed by atoms with Crippen LogP contribution < -0.4 is 0 Å². The van der Waals surface area contributed by atoms with Gasteiger partial charge in [0, 0.05) is 32.3 Å². The molecule has 25 heavy (non-hydrogen) atoms. The highest BCUT2D eigenvalue weighted by atomic mass is 16.4. The molecule has 2 aliphatic rings. The van der Waals surface area contributed by atoms with Crippen LogP contribution in [0.3, 0.4) is 0 Å². The van der Waals surface area contributed by atoms with E-state index >= 15 is 0 Å². The van der Waals surface area contributed by atoms with E-state index in [4.69, 9.17) is 0 Å². The summed E-state index contributed by atoms with van der Waals surface area (Å²) in [6.45, 7) is 1.52. The highest BCUT2D eigenvalue weighted by molar-refractivity contribution is 5.94. The van der Waals surface area contributed by atoms with Gasteiger partial charge in [-0.3, -0.25) is 9.59 Å². The molecule has 0 saturated carbocycles. The van der Waals surface area contributed by atoms with E-state index < -0.39 is 11.4 Å². The van der Waals surface area contributed by atoms with Crippen molar-refractivity contribution >= 4 is 11.9 Å². The molecule has 3 heterocycles. The Kier molecular flexibility index (Phi) is 3.82. The van der Waals surface area contributed by atoms with Crippen molar-refractivity contribution in [1.82, 2.24) is 14.5 Å². The number of aliphatic carboxylic acids is 1. The number of aryl methyl sites for hydroxylation is 2. The lowest BCUT2D eigenvalue weighted by Gasteiger charge is -2.25. The largest absolute Gasteiger partial charge is 0.481 e. The number of nitrogens with zero attached hydrogens (tertiary/aromatic N) is 3. The van der Waals surface area contributed by atoms with Crippen molar-refractivity contribution in [1.29, 1.82) is 0 Å². The van der Waals surface area contributed by atoms with Gasteiger partial charge in [-0.1, -0.05) is 30.3 Å². The van der Waals surface area contributed by atoms with Crippen molar-refractivity contribution in [2.45, 2.75) is 37.6 Å². The second kappa shape index (κ2) is 6.02. The predicted octanol–water partition coefficient (Wildman–Crippen LogP) is 2.09. The standard InChI is InChI=1S/C19H21N3O3/c23-17(15-12-21-10-5-4-8-16(21)20-15)22-11-9-19(13-22,18(24)25)14-6-2-1-3-7-14/h1-3,6-7,12H,4-5,8-11,13H2,(H,24,25). The Morgan fingerprint density at radius 1 is 1.12 bits per heavy atom. The number of carboxylic acids is 1. The summed E-state index contributed by atoms with van der Waals surface area (Å²) >= 11 is 0. The summed E-state index contributed by atoms with van der Waals surface area (Å²) in [7, 11) is 0. The zero-order valence-corrected chi connectivity index (χ0v) is 14.0. The Hall–Kier alpha value is -2.63. The number of benzene rings is 1. The maximum atomic E-state index is 12.9. The molecule has 4 rings (SSSR count). The molecule has 1 N–H and O–H groups in total. The van der Waals surface area contributed by atoms with E-state index in [1.165, 1.54) is 0 Å². The van der Waals surface area contributed by atoms with Crippen LogP contribution >= 0.6 is 0 Å². The monoisotopic (exact) mass is 339 g/mol. The minimum Gasteiger partial charge on any atom is -0.481 e. The average Bonchev–Trinajstić information content (AvgIpc) is 3.27. The summed E-state index contributed by atoms with van der Waals surface area (Å²) in [5.41, 5.74) is 0.157. The van der Waals surface area contributed by atoms with Gasteiger partial charge in [0.05, 0.1) is 0 Å². The molecule has 1 aromatic carbocycles. The number of fused-ring (bicyclic) bond motifs is 1. The first-order chi connectivity index (χ1) is 12.1. The van der Waals surface area contributed by atoms with Gasteiger partial charge in [-0.05, 0) is 24.8 Å². The van der Waals surface area contributed by atoms with Gasteiger partial charge in [-0.2, -0.15) is 0 Å². The average molecular weight is 339 g/mol. The predicted molar refractivity (Wildman–Crippen MR) is 91.4 cm³/mol. The lowest BCUT2D eigenvalue weighted by Crippen LogP contribution is -2.40. The Labute approximate surface area is 146 Å². The zero-order valence-electron chi connectivity index (χ0n) is 14.0. The van der Waals surface area contributed by atoms with Crippen LogP contribution in [0.4, 0.5) is 0 Å². The fourth-order valence-corrected chi connectivity index (χ4v) is 3.95. The number of aromatic nitrogens is 2. The molecule has 1 unspecified atom stereocenters.